The van der Waals surface area contributed by atoms with Crippen LogP contribution in [-0.2, 0) is 4.79 Å². The maximum Gasteiger partial charge on any atom is 0.247 e. The molecule has 7 heteroatoms. The Kier molecular flexibility index (Phi) is 4.55. The van der Waals surface area contributed by atoms with Gasteiger partial charge in [-0.15, -0.1) is 0 Å². The lowest BCUT2D eigenvalue weighted by Gasteiger charge is -2.07. The molecule has 0 saturated heterocycles. The van der Waals surface area contributed by atoms with E-state index in [-0.39, 0.29) is 17.6 Å². The van der Waals surface area contributed by atoms with Gasteiger partial charge in [0.15, 0.2) is 5.65 Å². The highest BCUT2D eigenvalue weighted by molar-refractivity contribution is 5.99. The Bertz CT molecular complexity index is 1190. The third-order valence-electron chi connectivity index (χ3n) is 4.00. The number of halogens is 1. The van der Waals surface area contributed by atoms with Crippen molar-refractivity contribution in [1.29, 1.82) is 0 Å². The molecule has 0 fully saturated rings. The van der Waals surface area contributed by atoms with E-state index in [4.69, 9.17) is 4.74 Å². The van der Waals surface area contributed by atoms with E-state index >= 15 is 0 Å². The predicted molar refractivity (Wildman–Crippen MR) is 105 cm³/mol. The molecule has 2 heterocycles. The number of carbonyl (C=O) groups is 1. The number of fused-ring (bicyclic) bond motifs is 1. The Morgan fingerprint density at radius 1 is 1.21 bits per heavy atom. The van der Waals surface area contributed by atoms with Gasteiger partial charge >= 0.3 is 0 Å². The summed E-state index contributed by atoms with van der Waals surface area (Å²) in [6, 6.07) is 13.1. The molecule has 0 spiro atoms. The van der Waals surface area contributed by atoms with Crippen molar-refractivity contribution in [2.24, 2.45) is 0 Å². The monoisotopic (exact) mass is 374 g/mol. The molecule has 138 valence electrons. The summed E-state index contributed by atoms with van der Waals surface area (Å²) >= 11 is 0. The first-order valence-corrected chi connectivity index (χ1v) is 8.44. The van der Waals surface area contributed by atoms with Gasteiger partial charge in [0.25, 0.3) is 0 Å². The maximum atomic E-state index is 13.6. The summed E-state index contributed by atoms with van der Waals surface area (Å²) < 4.78 is 19.4. The lowest BCUT2D eigenvalue weighted by atomic mass is 10.1. The van der Waals surface area contributed by atoms with Crippen molar-refractivity contribution in [1.82, 2.24) is 15.0 Å². The minimum atomic E-state index is -0.328. The number of benzene rings is 2. The normalized spacial score (nSPS) is 10.6. The zero-order valence-corrected chi connectivity index (χ0v) is 14.6. The van der Waals surface area contributed by atoms with E-state index in [2.05, 4.69) is 26.8 Å². The number of hydrogen-bond donors (Lipinski definition) is 2. The van der Waals surface area contributed by atoms with Crippen molar-refractivity contribution < 1.29 is 13.9 Å². The first-order chi connectivity index (χ1) is 13.6. The Balaban J connectivity index is 1.65. The molecule has 0 unspecified atom stereocenters. The fourth-order valence-corrected chi connectivity index (χ4v) is 2.75. The van der Waals surface area contributed by atoms with Crippen LogP contribution >= 0.6 is 0 Å². The van der Waals surface area contributed by atoms with Crippen molar-refractivity contribution in [3.05, 3.63) is 79.4 Å². The van der Waals surface area contributed by atoms with Crippen LogP contribution in [0.1, 0.15) is 0 Å². The second-order valence-electron chi connectivity index (χ2n) is 5.94. The number of aromatic amines is 1. The van der Waals surface area contributed by atoms with Crippen LogP contribution in [0.5, 0.6) is 11.6 Å². The zero-order valence-electron chi connectivity index (χ0n) is 14.6. The zero-order chi connectivity index (χ0) is 19.5. The Labute approximate surface area is 159 Å². The number of aromatic nitrogens is 3. The van der Waals surface area contributed by atoms with Gasteiger partial charge in [-0.05, 0) is 35.9 Å². The van der Waals surface area contributed by atoms with Crippen molar-refractivity contribution in [2.45, 2.75) is 0 Å². The standard InChI is InChI=1S/C21H15FN4O2/c1-2-18(27)25-15-7-4-8-16(10-15)28-19-12-24-21-20(26-19)17(11-23-21)13-5-3-6-14(22)9-13/h2-12H,1H2,(H,23,24)(H,25,27). The number of amides is 1. The van der Waals surface area contributed by atoms with Crippen molar-refractivity contribution in [3.8, 4) is 22.8 Å². The van der Waals surface area contributed by atoms with Crippen molar-refractivity contribution in [2.75, 3.05) is 5.32 Å². The molecule has 2 N–H and O–H groups in total. The van der Waals surface area contributed by atoms with Gasteiger partial charge in [-0.3, -0.25) is 4.79 Å². The number of H-pyrrole nitrogens is 1. The van der Waals surface area contributed by atoms with Gasteiger partial charge in [0, 0.05) is 23.5 Å². The molecule has 6 nitrogen and oxygen atoms in total. The van der Waals surface area contributed by atoms with Crippen LogP contribution in [0.3, 0.4) is 0 Å². The molecule has 0 bridgehead atoms. The Morgan fingerprint density at radius 3 is 2.89 bits per heavy atom. The summed E-state index contributed by atoms with van der Waals surface area (Å²) in [6.45, 7) is 3.42. The number of nitrogens with zero attached hydrogens (tertiary/aromatic N) is 2. The third kappa shape index (κ3) is 3.59. The van der Waals surface area contributed by atoms with Crippen molar-refractivity contribution >= 4 is 22.8 Å². The van der Waals surface area contributed by atoms with Crippen LogP contribution in [0.25, 0.3) is 22.3 Å². The molecular formula is C21H15FN4O2. The van der Waals surface area contributed by atoms with E-state index in [9.17, 15) is 9.18 Å². The molecule has 1 amide bonds. The van der Waals surface area contributed by atoms with Crippen LogP contribution in [0, 0.1) is 5.82 Å². The van der Waals surface area contributed by atoms with E-state index in [0.717, 1.165) is 5.56 Å². The first kappa shape index (κ1) is 17.4. The van der Waals surface area contributed by atoms with Gasteiger partial charge in [0.05, 0.1) is 6.20 Å². The van der Waals surface area contributed by atoms with Crippen LogP contribution in [-0.4, -0.2) is 20.9 Å². The minimum absolute atomic E-state index is 0.275. The molecule has 0 aliphatic heterocycles. The molecular weight excluding hydrogens is 359 g/mol. The summed E-state index contributed by atoms with van der Waals surface area (Å²) in [4.78, 5) is 23.3. The maximum absolute atomic E-state index is 13.6. The van der Waals surface area contributed by atoms with E-state index < -0.39 is 0 Å². The lowest BCUT2D eigenvalue weighted by Crippen LogP contribution is -2.07. The Hall–Kier alpha value is -4.00. The minimum Gasteiger partial charge on any atom is -0.437 e. The first-order valence-electron chi connectivity index (χ1n) is 8.44. The molecule has 4 rings (SSSR count). The van der Waals surface area contributed by atoms with Crippen LogP contribution < -0.4 is 10.1 Å². The smallest absolute Gasteiger partial charge is 0.247 e. The van der Waals surface area contributed by atoms with Gasteiger partial charge in [0.1, 0.15) is 17.1 Å². The molecule has 2 aromatic heterocycles. The van der Waals surface area contributed by atoms with Gasteiger partial charge in [-0.25, -0.2) is 14.4 Å². The average Bonchev–Trinajstić information content (AvgIpc) is 3.11. The number of nitrogens with one attached hydrogen (secondary N) is 2. The largest absolute Gasteiger partial charge is 0.437 e. The predicted octanol–water partition coefficient (Wildman–Crippen LogP) is 4.68. The summed E-state index contributed by atoms with van der Waals surface area (Å²) in [5, 5.41) is 2.67. The van der Waals surface area contributed by atoms with E-state index in [1.165, 1.54) is 24.4 Å². The van der Waals surface area contributed by atoms with Gasteiger partial charge in [0.2, 0.25) is 11.8 Å². The number of rotatable bonds is 5. The van der Waals surface area contributed by atoms with E-state index in [1.807, 2.05) is 0 Å². The summed E-state index contributed by atoms with van der Waals surface area (Å²) in [5.74, 6) is 0.117. The Morgan fingerprint density at radius 2 is 2.07 bits per heavy atom. The highest BCUT2D eigenvalue weighted by Crippen LogP contribution is 2.29. The second kappa shape index (κ2) is 7.32. The van der Waals surface area contributed by atoms with E-state index in [0.29, 0.717) is 28.2 Å². The number of ether oxygens (including phenoxy) is 1. The number of hydrogen-bond acceptors (Lipinski definition) is 4. The molecule has 4 aromatic rings. The molecule has 0 saturated carbocycles. The number of anilines is 1. The lowest BCUT2D eigenvalue weighted by molar-refractivity contribution is -0.111. The molecule has 0 radical (unpaired) electrons. The summed E-state index contributed by atoms with van der Waals surface area (Å²) in [7, 11) is 0. The summed E-state index contributed by atoms with van der Waals surface area (Å²) in [5.41, 5.74) is 3.11. The fourth-order valence-electron chi connectivity index (χ4n) is 2.75. The third-order valence-corrected chi connectivity index (χ3v) is 4.00. The highest BCUT2D eigenvalue weighted by atomic mass is 19.1. The van der Waals surface area contributed by atoms with Gasteiger partial charge < -0.3 is 15.0 Å². The second-order valence-corrected chi connectivity index (χ2v) is 5.94. The van der Waals surface area contributed by atoms with Gasteiger partial charge in [-0.2, -0.15) is 0 Å². The number of carbonyl (C=O) groups excluding carboxylic acids is 1. The highest BCUT2D eigenvalue weighted by Gasteiger charge is 2.11. The SMILES string of the molecule is C=CC(=O)Nc1cccc(Oc2cnc3[nH]cc(-c4cccc(F)c4)c3n2)c1. The van der Waals surface area contributed by atoms with Gasteiger partial charge in [-0.1, -0.05) is 24.8 Å². The topological polar surface area (TPSA) is 79.9 Å². The van der Waals surface area contributed by atoms with Crippen molar-refractivity contribution in [3.63, 3.8) is 0 Å². The summed E-state index contributed by atoms with van der Waals surface area (Å²) in [6.07, 6.45) is 4.41. The van der Waals surface area contributed by atoms with E-state index in [1.54, 1.807) is 42.6 Å². The molecule has 2 aromatic carbocycles. The van der Waals surface area contributed by atoms with Crippen LogP contribution in [0.4, 0.5) is 10.1 Å². The molecule has 28 heavy (non-hydrogen) atoms. The average molecular weight is 374 g/mol. The quantitative estimate of drug-likeness (QED) is 0.497. The molecule has 0 aliphatic carbocycles. The van der Waals surface area contributed by atoms with Crippen LogP contribution in [0.15, 0.2) is 73.6 Å². The van der Waals surface area contributed by atoms with Crippen LogP contribution in [0.2, 0.25) is 0 Å². The fraction of sp³-hybridized carbons (Fsp3) is 0. The molecule has 0 aliphatic rings. The molecule has 0 atom stereocenters.